The zero-order valence-corrected chi connectivity index (χ0v) is 9.44. The first-order chi connectivity index (χ1) is 8.17. The van der Waals surface area contributed by atoms with Crippen molar-refractivity contribution in [3.63, 3.8) is 0 Å². The smallest absolute Gasteiger partial charge is 0.331 e. The lowest BCUT2D eigenvalue weighted by atomic mass is 10.0. The van der Waals surface area contributed by atoms with Gasteiger partial charge < -0.3 is 4.74 Å². The molecule has 0 aliphatic heterocycles. The Bertz CT molecular complexity index is 457. The minimum atomic E-state index is -0.498. The first kappa shape index (κ1) is 12.9. The second-order valence-electron chi connectivity index (χ2n) is 3.26. The molecular formula is C13H12FNO2. The maximum absolute atomic E-state index is 12.7. The summed E-state index contributed by atoms with van der Waals surface area (Å²) in [5.74, 6) is -0.858. The maximum atomic E-state index is 12.7. The van der Waals surface area contributed by atoms with Crippen LogP contribution in [0.25, 0.3) is 5.57 Å². The van der Waals surface area contributed by atoms with E-state index >= 15 is 0 Å². The van der Waals surface area contributed by atoms with Gasteiger partial charge in [-0.3, -0.25) is 0 Å². The van der Waals surface area contributed by atoms with Gasteiger partial charge in [-0.05, 0) is 30.2 Å². The van der Waals surface area contributed by atoms with E-state index in [1.54, 1.807) is 6.92 Å². The highest BCUT2D eigenvalue weighted by molar-refractivity contribution is 5.91. The predicted molar refractivity (Wildman–Crippen MR) is 61.2 cm³/mol. The molecule has 17 heavy (non-hydrogen) atoms. The summed E-state index contributed by atoms with van der Waals surface area (Å²) in [6, 6.07) is 7.58. The highest BCUT2D eigenvalue weighted by Crippen LogP contribution is 2.18. The summed E-state index contributed by atoms with van der Waals surface area (Å²) in [4.78, 5) is 11.3. The number of halogens is 1. The fourth-order valence-electron chi connectivity index (χ4n) is 1.31. The molecule has 0 aliphatic rings. The van der Waals surface area contributed by atoms with Crippen LogP contribution in [0, 0.1) is 17.1 Å². The Hall–Kier alpha value is -2.15. The number of nitriles is 1. The second kappa shape index (κ2) is 6.44. The maximum Gasteiger partial charge on any atom is 0.331 e. The summed E-state index contributed by atoms with van der Waals surface area (Å²) < 4.78 is 17.5. The molecule has 0 amide bonds. The number of nitrogens with zero attached hydrogens (tertiary/aromatic N) is 1. The summed E-state index contributed by atoms with van der Waals surface area (Å²) in [6.45, 7) is 1.98. The monoisotopic (exact) mass is 233 g/mol. The van der Waals surface area contributed by atoms with E-state index in [0.29, 0.717) is 11.1 Å². The minimum absolute atomic E-state index is 0.0739. The second-order valence-corrected chi connectivity index (χ2v) is 3.26. The lowest BCUT2D eigenvalue weighted by Gasteiger charge is -2.03. The molecule has 0 heterocycles. The van der Waals surface area contributed by atoms with Gasteiger partial charge in [0.05, 0.1) is 19.1 Å². The SMILES string of the molecule is CCOC(=O)/C=C(\CC#N)c1ccc(F)cc1. The predicted octanol–water partition coefficient (Wildman–Crippen LogP) is 2.69. The summed E-state index contributed by atoms with van der Waals surface area (Å²) >= 11 is 0. The third-order valence-electron chi connectivity index (χ3n) is 2.06. The van der Waals surface area contributed by atoms with Crippen LogP contribution < -0.4 is 0 Å². The van der Waals surface area contributed by atoms with Crippen LogP contribution in [0.2, 0.25) is 0 Å². The molecule has 0 aliphatic carbocycles. The summed E-state index contributed by atoms with van der Waals surface area (Å²) in [5, 5.41) is 8.68. The van der Waals surface area contributed by atoms with Crippen molar-refractivity contribution in [3.05, 3.63) is 41.7 Å². The molecule has 0 spiro atoms. The van der Waals surface area contributed by atoms with E-state index in [2.05, 4.69) is 0 Å². The Labute approximate surface area is 99.1 Å². The normalized spacial score (nSPS) is 10.8. The molecule has 0 unspecified atom stereocenters. The number of carbonyl (C=O) groups is 1. The number of benzene rings is 1. The first-order valence-corrected chi connectivity index (χ1v) is 5.17. The van der Waals surface area contributed by atoms with E-state index < -0.39 is 5.97 Å². The number of hydrogen-bond acceptors (Lipinski definition) is 3. The van der Waals surface area contributed by atoms with Gasteiger partial charge in [0, 0.05) is 6.08 Å². The van der Waals surface area contributed by atoms with E-state index in [9.17, 15) is 9.18 Å². The third kappa shape index (κ3) is 4.07. The van der Waals surface area contributed by atoms with Gasteiger partial charge in [0.1, 0.15) is 5.82 Å². The summed E-state index contributed by atoms with van der Waals surface area (Å²) in [7, 11) is 0. The molecule has 0 fully saturated rings. The van der Waals surface area contributed by atoms with Crippen LogP contribution in [0.1, 0.15) is 18.9 Å². The Morgan fingerprint density at radius 1 is 1.47 bits per heavy atom. The van der Waals surface area contributed by atoms with Crippen LogP contribution in [-0.2, 0) is 9.53 Å². The van der Waals surface area contributed by atoms with Crippen LogP contribution in [0.3, 0.4) is 0 Å². The third-order valence-corrected chi connectivity index (χ3v) is 2.06. The molecule has 0 bridgehead atoms. The molecule has 0 saturated carbocycles. The van der Waals surface area contributed by atoms with Crippen LogP contribution in [0.5, 0.6) is 0 Å². The highest BCUT2D eigenvalue weighted by Gasteiger charge is 2.05. The van der Waals surface area contributed by atoms with Gasteiger partial charge in [-0.1, -0.05) is 12.1 Å². The molecule has 0 saturated heterocycles. The van der Waals surface area contributed by atoms with Crippen molar-refractivity contribution >= 4 is 11.5 Å². The summed E-state index contributed by atoms with van der Waals surface area (Å²) in [6.07, 6.45) is 1.34. The lowest BCUT2D eigenvalue weighted by molar-refractivity contribution is -0.137. The molecule has 88 valence electrons. The molecule has 1 aromatic carbocycles. The number of rotatable bonds is 4. The van der Waals surface area contributed by atoms with Crippen molar-refractivity contribution in [2.75, 3.05) is 6.61 Å². The number of allylic oxidation sites excluding steroid dienone is 1. The molecule has 0 atom stereocenters. The van der Waals surface area contributed by atoms with E-state index in [-0.39, 0.29) is 18.8 Å². The highest BCUT2D eigenvalue weighted by atomic mass is 19.1. The van der Waals surface area contributed by atoms with Gasteiger partial charge in [0.2, 0.25) is 0 Å². The summed E-state index contributed by atoms with van der Waals surface area (Å²) in [5.41, 5.74) is 1.16. The van der Waals surface area contributed by atoms with Gasteiger partial charge in [0.25, 0.3) is 0 Å². The molecule has 0 radical (unpaired) electrons. The Kier molecular flexibility index (Phi) is 4.89. The first-order valence-electron chi connectivity index (χ1n) is 5.17. The zero-order valence-electron chi connectivity index (χ0n) is 9.44. The van der Waals surface area contributed by atoms with Gasteiger partial charge in [-0.15, -0.1) is 0 Å². The number of ether oxygens (including phenoxy) is 1. The largest absolute Gasteiger partial charge is 0.463 e. The number of hydrogen-bond donors (Lipinski definition) is 0. The van der Waals surface area contributed by atoms with Crippen molar-refractivity contribution < 1.29 is 13.9 Å². The topological polar surface area (TPSA) is 50.1 Å². The Balaban J connectivity index is 2.97. The Morgan fingerprint density at radius 2 is 2.12 bits per heavy atom. The number of esters is 1. The molecule has 0 N–H and O–H groups in total. The van der Waals surface area contributed by atoms with Crippen LogP contribution in [0.4, 0.5) is 4.39 Å². The van der Waals surface area contributed by atoms with Crippen LogP contribution in [-0.4, -0.2) is 12.6 Å². The van der Waals surface area contributed by atoms with Crippen molar-refractivity contribution in [2.24, 2.45) is 0 Å². The van der Waals surface area contributed by atoms with E-state index in [4.69, 9.17) is 10.00 Å². The van der Waals surface area contributed by atoms with E-state index in [1.165, 1.54) is 30.3 Å². The quantitative estimate of drug-likeness (QED) is 0.593. The average Bonchev–Trinajstić information content (AvgIpc) is 2.30. The van der Waals surface area contributed by atoms with Gasteiger partial charge in [-0.25, -0.2) is 9.18 Å². The van der Waals surface area contributed by atoms with Crippen molar-refractivity contribution in [3.8, 4) is 6.07 Å². The molecule has 4 heteroatoms. The van der Waals surface area contributed by atoms with Crippen LogP contribution >= 0.6 is 0 Å². The van der Waals surface area contributed by atoms with Gasteiger partial charge in [-0.2, -0.15) is 5.26 Å². The van der Waals surface area contributed by atoms with Gasteiger partial charge >= 0.3 is 5.97 Å². The molecule has 1 aromatic rings. The molecule has 0 aromatic heterocycles. The molecule has 1 rings (SSSR count). The van der Waals surface area contributed by atoms with Gasteiger partial charge in [0.15, 0.2) is 0 Å². The molecular weight excluding hydrogens is 221 g/mol. The van der Waals surface area contributed by atoms with Crippen LogP contribution in [0.15, 0.2) is 30.3 Å². The number of carbonyl (C=O) groups excluding carboxylic acids is 1. The average molecular weight is 233 g/mol. The fourth-order valence-corrected chi connectivity index (χ4v) is 1.31. The van der Waals surface area contributed by atoms with Crippen molar-refractivity contribution in [2.45, 2.75) is 13.3 Å². The Morgan fingerprint density at radius 3 is 2.65 bits per heavy atom. The van der Waals surface area contributed by atoms with E-state index in [0.717, 1.165) is 0 Å². The lowest BCUT2D eigenvalue weighted by Crippen LogP contribution is -2.01. The molecule has 3 nitrogen and oxygen atoms in total. The van der Waals surface area contributed by atoms with Crippen molar-refractivity contribution in [1.82, 2.24) is 0 Å². The fraction of sp³-hybridized carbons (Fsp3) is 0.231. The zero-order chi connectivity index (χ0) is 12.7. The van der Waals surface area contributed by atoms with Crippen molar-refractivity contribution in [1.29, 1.82) is 5.26 Å². The minimum Gasteiger partial charge on any atom is -0.463 e. The van der Waals surface area contributed by atoms with E-state index in [1.807, 2.05) is 6.07 Å². The standard InChI is InChI=1S/C13H12FNO2/c1-2-17-13(16)9-11(7-8-15)10-3-5-12(14)6-4-10/h3-6,9H,2,7H2,1H3/b11-9+.